The lowest BCUT2D eigenvalue weighted by Crippen LogP contribution is -2.24. The van der Waals surface area contributed by atoms with Gasteiger partial charge in [-0.3, -0.25) is 0 Å². The molecule has 0 aliphatic carbocycles. The van der Waals surface area contributed by atoms with Crippen LogP contribution in [0.1, 0.15) is 22.3 Å². The Bertz CT molecular complexity index is 953. The third kappa shape index (κ3) is 5.79. The Kier molecular flexibility index (Phi) is 7.36. The van der Waals surface area contributed by atoms with Crippen LogP contribution in [0.15, 0.2) is 51.8 Å². The van der Waals surface area contributed by atoms with Gasteiger partial charge in [0.2, 0.25) is 10.0 Å². The van der Waals surface area contributed by atoms with Gasteiger partial charge in [-0.05, 0) is 42.5 Å². The summed E-state index contributed by atoms with van der Waals surface area (Å²) in [6.45, 7) is 0.0360. The van der Waals surface area contributed by atoms with E-state index in [-0.39, 0.29) is 30.0 Å². The number of nitriles is 1. The molecule has 0 fully saturated rings. The molecule has 0 atom stereocenters. The summed E-state index contributed by atoms with van der Waals surface area (Å²) < 4.78 is 37.7. The van der Waals surface area contributed by atoms with Crippen LogP contribution >= 0.6 is 15.9 Å². The number of hydrogen-bond donors (Lipinski definition) is 1. The van der Waals surface area contributed by atoms with Crippen molar-refractivity contribution in [3.63, 3.8) is 0 Å². The summed E-state index contributed by atoms with van der Waals surface area (Å²) in [5.74, 6) is 0.00861. The molecule has 9 heteroatoms. The number of carbonyl (C=O) groups excluding carboxylic acids is 1. The second-order valence-electron chi connectivity index (χ2n) is 5.36. The zero-order valence-corrected chi connectivity index (χ0v) is 16.8. The van der Waals surface area contributed by atoms with Crippen LogP contribution in [0.2, 0.25) is 0 Å². The van der Waals surface area contributed by atoms with E-state index in [1.54, 1.807) is 12.1 Å². The normalized spacial score (nSPS) is 10.9. The number of sulfonamides is 1. The summed E-state index contributed by atoms with van der Waals surface area (Å²) in [7, 11) is -2.19. The van der Waals surface area contributed by atoms with Gasteiger partial charge in [0.15, 0.2) is 0 Å². The van der Waals surface area contributed by atoms with E-state index in [1.165, 1.54) is 31.4 Å². The molecule has 0 heterocycles. The molecule has 0 saturated carbocycles. The Morgan fingerprint density at radius 2 is 1.93 bits per heavy atom. The van der Waals surface area contributed by atoms with E-state index in [9.17, 15) is 13.2 Å². The summed E-state index contributed by atoms with van der Waals surface area (Å²) in [6.07, 6.45) is 0.0721. The van der Waals surface area contributed by atoms with Crippen LogP contribution in [0, 0.1) is 11.3 Å². The Labute approximate surface area is 166 Å². The molecule has 1 N–H and O–H groups in total. The van der Waals surface area contributed by atoms with E-state index in [1.807, 2.05) is 12.1 Å². The molecule has 0 bridgehead atoms. The average molecular weight is 453 g/mol. The van der Waals surface area contributed by atoms with Gasteiger partial charge < -0.3 is 9.47 Å². The van der Waals surface area contributed by atoms with Crippen molar-refractivity contribution in [3.8, 4) is 11.8 Å². The molecule has 0 unspecified atom stereocenters. The molecule has 0 aliphatic rings. The van der Waals surface area contributed by atoms with E-state index in [0.717, 1.165) is 4.47 Å². The lowest BCUT2D eigenvalue weighted by atomic mass is 10.2. The van der Waals surface area contributed by atoms with Gasteiger partial charge in [-0.2, -0.15) is 5.26 Å². The first-order chi connectivity index (χ1) is 12.9. The van der Waals surface area contributed by atoms with Gasteiger partial charge in [-0.25, -0.2) is 17.9 Å². The maximum absolute atomic E-state index is 12.2. The first-order valence-corrected chi connectivity index (χ1v) is 10.1. The lowest BCUT2D eigenvalue weighted by Gasteiger charge is -2.10. The van der Waals surface area contributed by atoms with Gasteiger partial charge in [-0.15, -0.1) is 0 Å². The standard InChI is InChI=1S/C18H17BrN2O5S/c1-25-17-8-5-15(19)11-14(17)12-26-18(22)13-3-6-16(7-4-13)27(23,24)21-10-2-9-20/h3-8,11,21H,2,10,12H2,1H3. The Morgan fingerprint density at radius 1 is 1.22 bits per heavy atom. The fourth-order valence-corrected chi connectivity index (χ4v) is 3.62. The average Bonchev–Trinajstić information content (AvgIpc) is 2.66. The maximum atomic E-state index is 12.2. The maximum Gasteiger partial charge on any atom is 0.338 e. The summed E-state index contributed by atoms with van der Waals surface area (Å²) in [6, 6.07) is 12.6. The van der Waals surface area contributed by atoms with Crippen LogP contribution < -0.4 is 9.46 Å². The van der Waals surface area contributed by atoms with E-state index >= 15 is 0 Å². The molecule has 27 heavy (non-hydrogen) atoms. The molecule has 0 amide bonds. The van der Waals surface area contributed by atoms with Gasteiger partial charge in [0.05, 0.1) is 23.6 Å². The highest BCUT2D eigenvalue weighted by Crippen LogP contribution is 2.24. The quantitative estimate of drug-likeness (QED) is 0.487. The zero-order chi connectivity index (χ0) is 19.9. The van der Waals surface area contributed by atoms with Gasteiger partial charge in [0, 0.05) is 23.0 Å². The number of benzene rings is 2. The second-order valence-corrected chi connectivity index (χ2v) is 8.05. The van der Waals surface area contributed by atoms with Crippen LogP contribution in [0.3, 0.4) is 0 Å². The van der Waals surface area contributed by atoms with E-state index in [2.05, 4.69) is 20.7 Å². The van der Waals surface area contributed by atoms with Gasteiger partial charge in [0.25, 0.3) is 0 Å². The minimum atomic E-state index is -3.72. The number of carbonyl (C=O) groups is 1. The predicted octanol–water partition coefficient (Wildman–Crippen LogP) is 3.01. The van der Waals surface area contributed by atoms with Gasteiger partial charge in [0.1, 0.15) is 12.4 Å². The lowest BCUT2D eigenvalue weighted by molar-refractivity contribution is 0.0470. The smallest absolute Gasteiger partial charge is 0.338 e. The fraction of sp³-hybridized carbons (Fsp3) is 0.222. The first kappa shape index (κ1) is 20.9. The molecular formula is C18H17BrN2O5S. The summed E-state index contributed by atoms with van der Waals surface area (Å²) >= 11 is 3.35. The van der Waals surface area contributed by atoms with Crippen molar-refractivity contribution in [2.75, 3.05) is 13.7 Å². The third-order valence-corrected chi connectivity index (χ3v) is 5.50. The minimum Gasteiger partial charge on any atom is -0.496 e. The minimum absolute atomic E-state index is 0.00523. The monoisotopic (exact) mass is 452 g/mol. The predicted molar refractivity (Wildman–Crippen MR) is 102 cm³/mol. The van der Waals surface area contributed by atoms with Crippen molar-refractivity contribution < 1.29 is 22.7 Å². The van der Waals surface area contributed by atoms with Crippen molar-refractivity contribution in [2.24, 2.45) is 0 Å². The third-order valence-electron chi connectivity index (χ3n) is 3.53. The number of esters is 1. The number of halogens is 1. The molecule has 2 aromatic rings. The number of rotatable bonds is 8. The van der Waals surface area contributed by atoms with Crippen molar-refractivity contribution in [2.45, 2.75) is 17.9 Å². The SMILES string of the molecule is COc1ccc(Br)cc1COC(=O)c1ccc(S(=O)(=O)NCCC#N)cc1. The largest absolute Gasteiger partial charge is 0.496 e. The van der Waals surface area contributed by atoms with E-state index < -0.39 is 16.0 Å². The van der Waals surface area contributed by atoms with Crippen molar-refractivity contribution in [1.82, 2.24) is 4.72 Å². The number of methoxy groups -OCH3 is 1. The Morgan fingerprint density at radius 3 is 2.56 bits per heavy atom. The van der Waals surface area contributed by atoms with Crippen molar-refractivity contribution in [3.05, 3.63) is 58.1 Å². The van der Waals surface area contributed by atoms with Crippen LogP contribution in [-0.4, -0.2) is 28.0 Å². The molecule has 0 aromatic heterocycles. The molecule has 2 rings (SSSR count). The van der Waals surface area contributed by atoms with Crippen LogP contribution in [-0.2, 0) is 21.4 Å². The number of nitrogens with one attached hydrogen (secondary N) is 1. The van der Waals surface area contributed by atoms with Crippen LogP contribution in [0.4, 0.5) is 0 Å². The molecule has 0 aliphatic heterocycles. The molecule has 2 aromatic carbocycles. The highest BCUT2D eigenvalue weighted by Gasteiger charge is 2.15. The fourth-order valence-electron chi connectivity index (χ4n) is 2.18. The number of ether oxygens (including phenoxy) is 2. The molecule has 0 radical (unpaired) electrons. The van der Waals surface area contributed by atoms with Crippen molar-refractivity contribution in [1.29, 1.82) is 5.26 Å². The molecule has 142 valence electrons. The van der Waals surface area contributed by atoms with Crippen LogP contribution in [0.5, 0.6) is 5.75 Å². The van der Waals surface area contributed by atoms with E-state index in [0.29, 0.717) is 11.3 Å². The summed E-state index contributed by atoms with van der Waals surface area (Å²) in [5, 5.41) is 8.47. The van der Waals surface area contributed by atoms with Crippen LogP contribution in [0.25, 0.3) is 0 Å². The zero-order valence-electron chi connectivity index (χ0n) is 14.4. The molecular weight excluding hydrogens is 436 g/mol. The van der Waals surface area contributed by atoms with E-state index in [4.69, 9.17) is 14.7 Å². The van der Waals surface area contributed by atoms with Gasteiger partial charge in [-0.1, -0.05) is 15.9 Å². The first-order valence-electron chi connectivity index (χ1n) is 7.83. The highest BCUT2D eigenvalue weighted by atomic mass is 79.9. The molecule has 7 nitrogen and oxygen atoms in total. The van der Waals surface area contributed by atoms with Gasteiger partial charge >= 0.3 is 5.97 Å². The summed E-state index contributed by atoms with van der Waals surface area (Å²) in [5.41, 5.74) is 0.918. The topological polar surface area (TPSA) is 105 Å². The second kappa shape index (κ2) is 9.50. The summed E-state index contributed by atoms with van der Waals surface area (Å²) in [4.78, 5) is 12.2. The number of hydrogen-bond acceptors (Lipinski definition) is 6. The number of nitrogens with zero attached hydrogens (tertiary/aromatic N) is 1. The van der Waals surface area contributed by atoms with Crippen molar-refractivity contribution >= 4 is 31.9 Å². The Balaban J connectivity index is 2.04. The Hall–Kier alpha value is -2.41. The molecule has 0 saturated heterocycles. The highest BCUT2D eigenvalue weighted by molar-refractivity contribution is 9.10. The molecule has 0 spiro atoms.